The highest BCUT2D eigenvalue weighted by atomic mass is 16.3. The molecule has 58 valence electrons. The van der Waals surface area contributed by atoms with E-state index in [0.717, 1.165) is 5.57 Å². The summed E-state index contributed by atoms with van der Waals surface area (Å²) >= 11 is 0. The van der Waals surface area contributed by atoms with E-state index in [1.54, 1.807) is 0 Å². The third-order valence-electron chi connectivity index (χ3n) is 0.944. The van der Waals surface area contributed by atoms with E-state index in [9.17, 15) is 4.79 Å². The Bertz CT molecular complexity index is 141. The number of hydrogen-bond acceptors (Lipinski definition) is 2. The highest BCUT2D eigenvalue weighted by Crippen LogP contribution is 1.84. The monoisotopic (exact) mass is 143 g/mol. The Morgan fingerprint density at radius 3 is 2.60 bits per heavy atom. The SMILES string of the molecule is C=C(C)CNC(=O)[C@H](C)O. The Morgan fingerprint density at radius 1 is 1.80 bits per heavy atom. The van der Waals surface area contributed by atoms with E-state index in [4.69, 9.17) is 5.11 Å². The highest BCUT2D eigenvalue weighted by Gasteiger charge is 2.05. The van der Waals surface area contributed by atoms with Gasteiger partial charge in [0.2, 0.25) is 5.91 Å². The van der Waals surface area contributed by atoms with Crippen LogP contribution in [0.25, 0.3) is 0 Å². The quantitative estimate of drug-likeness (QED) is 0.549. The van der Waals surface area contributed by atoms with E-state index >= 15 is 0 Å². The second-order valence-electron chi connectivity index (χ2n) is 2.35. The van der Waals surface area contributed by atoms with E-state index < -0.39 is 6.10 Å². The van der Waals surface area contributed by atoms with Gasteiger partial charge in [0.25, 0.3) is 0 Å². The van der Waals surface area contributed by atoms with Crippen LogP contribution in [-0.4, -0.2) is 23.7 Å². The first-order valence-electron chi connectivity index (χ1n) is 3.14. The molecule has 0 fully saturated rings. The summed E-state index contributed by atoms with van der Waals surface area (Å²) in [6, 6.07) is 0. The average molecular weight is 143 g/mol. The van der Waals surface area contributed by atoms with Crippen LogP contribution in [0.3, 0.4) is 0 Å². The maximum Gasteiger partial charge on any atom is 0.248 e. The topological polar surface area (TPSA) is 49.3 Å². The van der Waals surface area contributed by atoms with Gasteiger partial charge in [0.1, 0.15) is 6.10 Å². The van der Waals surface area contributed by atoms with Crippen LogP contribution in [0.2, 0.25) is 0 Å². The van der Waals surface area contributed by atoms with Crippen molar-refractivity contribution in [1.29, 1.82) is 0 Å². The van der Waals surface area contributed by atoms with Gasteiger partial charge in [-0.05, 0) is 13.8 Å². The lowest BCUT2D eigenvalue weighted by Gasteiger charge is -2.05. The number of nitrogens with one attached hydrogen (secondary N) is 1. The van der Waals surface area contributed by atoms with Crippen LogP contribution < -0.4 is 5.32 Å². The minimum absolute atomic E-state index is 0.358. The van der Waals surface area contributed by atoms with Crippen LogP contribution in [0, 0.1) is 0 Å². The van der Waals surface area contributed by atoms with E-state index in [2.05, 4.69) is 11.9 Å². The van der Waals surface area contributed by atoms with Crippen LogP contribution in [0.4, 0.5) is 0 Å². The van der Waals surface area contributed by atoms with Gasteiger partial charge in [-0.25, -0.2) is 0 Å². The first kappa shape index (κ1) is 9.17. The molecule has 10 heavy (non-hydrogen) atoms. The van der Waals surface area contributed by atoms with Gasteiger partial charge in [0.05, 0.1) is 0 Å². The summed E-state index contributed by atoms with van der Waals surface area (Å²) < 4.78 is 0. The summed E-state index contributed by atoms with van der Waals surface area (Å²) in [5.74, 6) is -0.358. The third-order valence-corrected chi connectivity index (χ3v) is 0.944. The van der Waals surface area contributed by atoms with Crippen LogP contribution in [0.15, 0.2) is 12.2 Å². The molecule has 0 unspecified atom stereocenters. The third kappa shape index (κ3) is 4.09. The molecule has 0 aromatic heterocycles. The fraction of sp³-hybridized carbons (Fsp3) is 0.571. The van der Waals surface area contributed by atoms with Gasteiger partial charge in [-0.2, -0.15) is 0 Å². The molecular formula is C7H13NO2. The fourth-order valence-corrected chi connectivity index (χ4v) is 0.386. The Kier molecular flexibility index (Phi) is 3.72. The molecule has 0 bridgehead atoms. The average Bonchev–Trinajstić information content (AvgIpc) is 1.82. The molecule has 0 rings (SSSR count). The van der Waals surface area contributed by atoms with Gasteiger partial charge in [0, 0.05) is 6.54 Å². The molecule has 0 saturated carbocycles. The maximum absolute atomic E-state index is 10.6. The molecule has 0 heterocycles. The predicted octanol–water partition coefficient (Wildman–Crippen LogP) is 0.0595. The van der Waals surface area contributed by atoms with Crippen molar-refractivity contribution < 1.29 is 9.90 Å². The van der Waals surface area contributed by atoms with Crippen molar-refractivity contribution in [3.8, 4) is 0 Å². The Morgan fingerprint density at radius 2 is 2.30 bits per heavy atom. The number of carbonyl (C=O) groups is 1. The van der Waals surface area contributed by atoms with E-state index in [1.807, 2.05) is 6.92 Å². The molecule has 0 saturated heterocycles. The number of carbonyl (C=O) groups excluding carboxylic acids is 1. The fourth-order valence-electron chi connectivity index (χ4n) is 0.386. The molecule has 0 aromatic carbocycles. The normalized spacial score (nSPS) is 12.3. The summed E-state index contributed by atoms with van der Waals surface area (Å²) in [5, 5.41) is 11.2. The van der Waals surface area contributed by atoms with Crippen molar-refractivity contribution in [3.63, 3.8) is 0 Å². The summed E-state index contributed by atoms with van der Waals surface area (Å²) in [7, 11) is 0. The van der Waals surface area contributed by atoms with Crippen molar-refractivity contribution in [2.75, 3.05) is 6.54 Å². The van der Waals surface area contributed by atoms with Crippen molar-refractivity contribution in [2.45, 2.75) is 20.0 Å². The molecule has 0 aromatic rings. The van der Waals surface area contributed by atoms with Gasteiger partial charge in [-0.15, -0.1) is 0 Å². The van der Waals surface area contributed by atoms with E-state index in [1.165, 1.54) is 6.92 Å². The van der Waals surface area contributed by atoms with Gasteiger partial charge in [-0.1, -0.05) is 12.2 Å². The van der Waals surface area contributed by atoms with Crippen LogP contribution >= 0.6 is 0 Å². The van der Waals surface area contributed by atoms with Crippen molar-refractivity contribution in [2.24, 2.45) is 0 Å². The molecule has 2 N–H and O–H groups in total. The number of rotatable bonds is 3. The summed E-state index contributed by atoms with van der Waals surface area (Å²) in [6.07, 6.45) is -0.931. The minimum atomic E-state index is -0.931. The number of hydrogen-bond donors (Lipinski definition) is 2. The van der Waals surface area contributed by atoms with Gasteiger partial charge >= 0.3 is 0 Å². The molecule has 1 amide bonds. The largest absolute Gasteiger partial charge is 0.384 e. The Balaban J connectivity index is 3.50. The van der Waals surface area contributed by atoms with Crippen molar-refractivity contribution in [3.05, 3.63) is 12.2 Å². The Hall–Kier alpha value is -0.830. The predicted molar refractivity (Wildman–Crippen MR) is 39.5 cm³/mol. The first-order chi connectivity index (χ1) is 4.54. The van der Waals surface area contributed by atoms with E-state index in [-0.39, 0.29) is 5.91 Å². The molecule has 0 spiro atoms. The maximum atomic E-state index is 10.6. The summed E-state index contributed by atoms with van der Waals surface area (Å²) in [5.41, 5.74) is 0.869. The summed E-state index contributed by atoms with van der Waals surface area (Å²) in [6.45, 7) is 7.26. The lowest BCUT2D eigenvalue weighted by molar-refractivity contribution is -0.128. The minimum Gasteiger partial charge on any atom is -0.384 e. The second-order valence-corrected chi connectivity index (χ2v) is 2.35. The Labute approximate surface area is 60.7 Å². The van der Waals surface area contributed by atoms with Crippen molar-refractivity contribution >= 4 is 5.91 Å². The lowest BCUT2D eigenvalue weighted by Crippen LogP contribution is -2.33. The van der Waals surface area contributed by atoms with Gasteiger partial charge in [0.15, 0.2) is 0 Å². The van der Waals surface area contributed by atoms with Crippen LogP contribution in [-0.2, 0) is 4.79 Å². The number of aliphatic hydroxyl groups is 1. The molecule has 3 nitrogen and oxygen atoms in total. The molecule has 0 radical (unpaired) electrons. The lowest BCUT2D eigenvalue weighted by atomic mass is 10.3. The van der Waals surface area contributed by atoms with Crippen LogP contribution in [0.1, 0.15) is 13.8 Å². The van der Waals surface area contributed by atoms with E-state index in [0.29, 0.717) is 6.54 Å². The van der Waals surface area contributed by atoms with Gasteiger partial charge in [-0.3, -0.25) is 4.79 Å². The first-order valence-corrected chi connectivity index (χ1v) is 3.14. The van der Waals surface area contributed by atoms with Crippen LogP contribution in [0.5, 0.6) is 0 Å². The second kappa shape index (κ2) is 4.06. The molecular weight excluding hydrogens is 130 g/mol. The standard InChI is InChI=1S/C7H13NO2/c1-5(2)4-8-7(10)6(3)9/h6,9H,1,4H2,2-3H3,(H,8,10)/t6-/m0/s1. The zero-order valence-corrected chi connectivity index (χ0v) is 6.35. The highest BCUT2D eigenvalue weighted by molar-refractivity contribution is 5.80. The van der Waals surface area contributed by atoms with Gasteiger partial charge < -0.3 is 10.4 Å². The molecule has 0 aliphatic rings. The molecule has 0 aliphatic carbocycles. The molecule has 3 heteroatoms. The zero-order valence-electron chi connectivity index (χ0n) is 6.35. The zero-order chi connectivity index (χ0) is 8.15. The smallest absolute Gasteiger partial charge is 0.248 e. The number of amides is 1. The summed E-state index contributed by atoms with van der Waals surface area (Å²) in [4.78, 5) is 10.6. The van der Waals surface area contributed by atoms with Crippen molar-refractivity contribution in [1.82, 2.24) is 5.32 Å². The number of aliphatic hydroxyl groups excluding tert-OH is 1. The molecule has 0 aliphatic heterocycles. The molecule has 1 atom stereocenters.